The molecule has 1 nitrogen and oxygen atoms in total. The molecule has 0 N–H and O–H groups in total. The monoisotopic (exact) mass is 224 g/mol. The van der Waals surface area contributed by atoms with E-state index in [0.717, 1.165) is 10.8 Å². The fraction of sp³-hybridized carbons (Fsp3) is 0.538. The molecule has 1 aliphatic carbocycles. The molecule has 82 valence electrons. The maximum Gasteiger partial charge on any atom is 0.124 e. The lowest BCUT2D eigenvalue weighted by molar-refractivity contribution is 0.389. The first kappa shape index (κ1) is 10.8. The third-order valence-electron chi connectivity index (χ3n) is 3.59. The van der Waals surface area contributed by atoms with Gasteiger partial charge in [-0.1, -0.05) is 31.5 Å². The molecule has 0 spiro atoms. The Kier molecular flexibility index (Phi) is 2.68. The van der Waals surface area contributed by atoms with Gasteiger partial charge in [0.05, 0.1) is 7.11 Å². The van der Waals surface area contributed by atoms with E-state index >= 15 is 0 Å². The van der Waals surface area contributed by atoms with Crippen molar-refractivity contribution in [3.05, 3.63) is 28.8 Å². The van der Waals surface area contributed by atoms with Crippen LogP contribution in [0.25, 0.3) is 0 Å². The van der Waals surface area contributed by atoms with Crippen LogP contribution in [0, 0.1) is 5.92 Å². The van der Waals surface area contributed by atoms with Crippen LogP contribution in [0.5, 0.6) is 5.75 Å². The van der Waals surface area contributed by atoms with Crippen LogP contribution < -0.4 is 4.74 Å². The molecule has 1 aromatic rings. The second-order valence-corrected chi connectivity index (χ2v) is 5.04. The molecule has 0 bridgehead atoms. The maximum atomic E-state index is 6.30. The largest absolute Gasteiger partial charge is 0.496 e. The summed E-state index contributed by atoms with van der Waals surface area (Å²) in [6, 6.07) is 5.91. The predicted molar refractivity (Wildman–Crippen MR) is 63.8 cm³/mol. The van der Waals surface area contributed by atoms with E-state index in [4.69, 9.17) is 16.3 Å². The molecule has 0 unspecified atom stereocenters. The molecule has 0 saturated heterocycles. The van der Waals surface area contributed by atoms with Gasteiger partial charge in [-0.05, 0) is 30.9 Å². The van der Waals surface area contributed by atoms with Crippen LogP contribution in [-0.2, 0) is 5.41 Å². The zero-order chi connectivity index (χ0) is 11.1. The van der Waals surface area contributed by atoms with Gasteiger partial charge in [0.15, 0.2) is 0 Å². The summed E-state index contributed by atoms with van der Waals surface area (Å²) in [6.07, 6.45) is 2.45. The molecule has 1 fully saturated rings. The minimum absolute atomic E-state index is 0.268. The summed E-state index contributed by atoms with van der Waals surface area (Å²) in [5, 5.41) is 0.848. The summed E-state index contributed by atoms with van der Waals surface area (Å²) in [4.78, 5) is 0. The van der Waals surface area contributed by atoms with Gasteiger partial charge in [-0.3, -0.25) is 0 Å². The highest BCUT2D eigenvalue weighted by Crippen LogP contribution is 2.58. The number of methoxy groups -OCH3 is 1. The van der Waals surface area contributed by atoms with Crippen LogP contribution in [0.3, 0.4) is 0 Å². The van der Waals surface area contributed by atoms with Crippen LogP contribution in [0.1, 0.15) is 32.3 Å². The van der Waals surface area contributed by atoms with Crippen molar-refractivity contribution in [2.45, 2.75) is 32.1 Å². The summed E-state index contributed by atoms with van der Waals surface area (Å²) in [7, 11) is 1.71. The average molecular weight is 225 g/mol. The summed E-state index contributed by atoms with van der Waals surface area (Å²) < 4.78 is 5.42. The zero-order valence-electron chi connectivity index (χ0n) is 9.51. The van der Waals surface area contributed by atoms with Gasteiger partial charge in [-0.15, -0.1) is 0 Å². The van der Waals surface area contributed by atoms with E-state index in [1.165, 1.54) is 18.4 Å². The summed E-state index contributed by atoms with van der Waals surface area (Å²) in [5.74, 6) is 1.56. The number of benzene rings is 1. The Hall–Kier alpha value is -0.690. The van der Waals surface area contributed by atoms with Crippen molar-refractivity contribution in [2.24, 2.45) is 5.92 Å². The van der Waals surface area contributed by atoms with E-state index in [0.29, 0.717) is 5.92 Å². The van der Waals surface area contributed by atoms with Crippen LogP contribution >= 0.6 is 11.6 Å². The zero-order valence-corrected chi connectivity index (χ0v) is 10.3. The Balaban J connectivity index is 2.51. The van der Waals surface area contributed by atoms with Gasteiger partial charge in [0, 0.05) is 16.0 Å². The first-order valence-electron chi connectivity index (χ1n) is 5.45. The molecule has 0 atom stereocenters. The Morgan fingerprint density at radius 2 is 2.00 bits per heavy atom. The number of halogens is 1. The highest BCUT2D eigenvalue weighted by atomic mass is 35.5. The molecule has 15 heavy (non-hydrogen) atoms. The SMILES string of the molecule is COc1cccc(Cl)c1C1(C(C)C)CC1. The molecule has 0 aliphatic heterocycles. The highest BCUT2D eigenvalue weighted by molar-refractivity contribution is 6.31. The second-order valence-electron chi connectivity index (χ2n) is 4.63. The molecule has 0 amide bonds. The minimum Gasteiger partial charge on any atom is -0.496 e. The molecule has 1 aromatic carbocycles. The standard InChI is InChI=1S/C13H17ClO/c1-9(2)13(7-8-13)12-10(14)5-4-6-11(12)15-3/h4-6,9H,7-8H2,1-3H3. The quantitative estimate of drug-likeness (QED) is 0.753. The van der Waals surface area contributed by atoms with Crippen molar-refractivity contribution < 1.29 is 4.74 Å². The van der Waals surface area contributed by atoms with Gasteiger partial charge in [0.1, 0.15) is 5.75 Å². The van der Waals surface area contributed by atoms with Crippen LogP contribution in [0.15, 0.2) is 18.2 Å². The molecule has 0 aromatic heterocycles. The third-order valence-corrected chi connectivity index (χ3v) is 3.90. The Bertz CT molecular complexity index is 367. The van der Waals surface area contributed by atoms with E-state index < -0.39 is 0 Å². The van der Waals surface area contributed by atoms with Crippen LogP contribution in [0.2, 0.25) is 5.02 Å². The lowest BCUT2D eigenvalue weighted by Crippen LogP contribution is -2.16. The fourth-order valence-electron chi connectivity index (χ4n) is 2.41. The van der Waals surface area contributed by atoms with Crippen molar-refractivity contribution in [2.75, 3.05) is 7.11 Å². The number of ether oxygens (including phenoxy) is 1. The van der Waals surface area contributed by atoms with E-state index in [1.54, 1.807) is 7.11 Å². The van der Waals surface area contributed by atoms with E-state index in [1.807, 2.05) is 18.2 Å². The lowest BCUT2D eigenvalue weighted by Gasteiger charge is -2.23. The molecule has 2 heteroatoms. The first-order valence-corrected chi connectivity index (χ1v) is 5.82. The van der Waals surface area contributed by atoms with E-state index in [2.05, 4.69) is 13.8 Å². The lowest BCUT2D eigenvalue weighted by atomic mass is 9.84. The van der Waals surface area contributed by atoms with Gasteiger partial charge in [-0.2, -0.15) is 0 Å². The first-order chi connectivity index (χ1) is 7.12. The van der Waals surface area contributed by atoms with Crippen molar-refractivity contribution >= 4 is 11.6 Å². The van der Waals surface area contributed by atoms with Gasteiger partial charge >= 0.3 is 0 Å². The summed E-state index contributed by atoms with van der Waals surface area (Å²) in [6.45, 7) is 4.52. The van der Waals surface area contributed by atoms with Gasteiger partial charge in [-0.25, -0.2) is 0 Å². The van der Waals surface area contributed by atoms with Crippen molar-refractivity contribution in [3.63, 3.8) is 0 Å². The van der Waals surface area contributed by atoms with Gasteiger partial charge in [0.2, 0.25) is 0 Å². The average Bonchev–Trinajstić information content (AvgIpc) is 2.98. The molecular formula is C13H17ClO. The Morgan fingerprint density at radius 1 is 1.33 bits per heavy atom. The molecule has 0 radical (unpaired) electrons. The normalized spacial score (nSPS) is 17.9. The van der Waals surface area contributed by atoms with Crippen LogP contribution in [0.4, 0.5) is 0 Å². The molecule has 1 aliphatic rings. The van der Waals surface area contributed by atoms with Crippen LogP contribution in [-0.4, -0.2) is 7.11 Å². The maximum absolute atomic E-state index is 6.30. The minimum atomic E-state index is 0.268. The molecule has 1 saturated carbocycles. The van der Waals surface area contributed by atoms with E-state index in [9.17, 15) is 0 Å². The highest BCUT2D eigenvalue weighted by Gasteiger charge is 2.49. The van der Waals surface area contributed by atoms with Crippen molar-refractivity contribution in [1.82, 2.24) is 0 Å². The van der Waals surface area contributed by atoms with Gasteiger partial charge < -0.3 is 4.74 Å². The summed E-state index contributed by atoms with van der Waals surface area (Å²) in [5.41, 5.74) is 1.48. The number of hydrogen-bond donors (Lipinski definition) is 0. The van der Waals surface area contributed by atoms with E-state index in [-0.39, 0.29) is 5.41 Å². The smallest absolute Gasteiger partial charge is 0.124 e. The second kappa shape index (κ2) is 3.71. The Morgan fingerprint density at radius 3 is 2.47 bits per heavy atom. The predicted octanol–water partition coefficient (Wildman–Crippen LogP) is 4.04. The molecular weight excluding hydrogens is 208 g/mol. The summed E-state index contributed by atoms with van der Waals surface area (Å²) >= 11 is 6.30. The number of rotatable bonds is 3. The van der Waals surface area contributed by atoms with Crippen molar-refractivity contribution in [3.8, 4) is 5.75 Å². The molecule has 0 heterocycles. The van der Waals surface area contributed by atoms with Crippen molar-refractivity contribution in [1.29, 1.82) is 0 Å². The molecule has 2 rings (SSSR count). The Labute approximate surface area is 96.4 Å². The number of hydrogen-bond acceptors (Lipinski definition) is 1. The topological polar surface area (TPSA) is 9.23 Å². The fourth-order valence-corrected chi connectivity index (χ4v) is 2.76. The van der Waals surface area contributed by atoms with Gasteiger partial charge in [0.25, 0.3) is 0 Å². The third kappa shape index (κ3) is 1.63.